The van der Waals surface area contributed by atoms with Crippen LogP contribution < -0.4 is 10.6 Å². The Kier molecular flexibility index (Phi) is 9.46. The van der Waals surface area contributed by atoms with E-state index in [1.165, 1.54) is 0 Å². The third kappa shape index (κ3) is 7.36. The Balaban J connectivity index is 1.55. The summed E-state index contributed by atoms with van der Waals surface area (Å²) in [7, 11) is 0. The molecule has 24 heavy (non-hydrogen) atoms. The molecule has 0 aromatic carbocycles. The second kappa shape index (κ2) is 11.7. The minimum absolute atomic E-state index is 0.171. The number of rotatable bonds is 9. The highest BCUT2D eigenvalue weighted by Gasteiger charge is 2.24. The molecule has 140 valence electrons. The van der Waals surface area contributed by atoms with Crippen molar-refractivity contribution < 1.29 is 14.6 Å². The van der Waals surface area contributed by atoms with Gasteiger partial charge in [-0.2, -0.15) is 0 Å². The first-order chi connectivity index (χ1) is 11.8. The number of aliphatic imine (C=N–C) groups is 1. The fraction of sp³-hybridized carbons (Fsp3) is 0.944. The lowest BCUT2D eigenvalue weighted by Gasteiger charge is -2.21. The summed E-state index contributed by atoms with van der Waals surface area (Å²) in [6, 6.07) is 0. The van der Waals surface area contributed by atoms with Crippen molar-refractivity contribution >= 4 is 5.96 Å². The van der Waals surface area contributed by atoms with Crippen molar-refractivity contribution in [3.05, 3.63) is 0 Å². The Bertz CT molecular complexity index is 359. The topological polar surface area (TPSA) is 75.1 Å². The van der Waals surface area contributed by atoms with E-state index in [4.69, 9.17) is 9.47 Å². The molecule has 0 amide bonds. The zero-order valence-corrected chi connectivity index (χ0v) is 15.1. The predicted octanol–water partition coefficient (Wildman–Crippen LogP) is 1.54. The van der Waals surface area contributed by atoms with E-state index in [-0.39, 0.29) is 6.10 Å². The van der Waals surface area contributed by atoms with Crippen LogP contribution in [-0.4, -0.2) is 63.2 Å². The smallest absolute Gasteiger partial charge is 0.191 e. The monoisotopic (exact) mass is 341 g/mol. The van der Waals surface area contributed by atoms with Gasteiger partial charge in [-0.15, -0.1) is 0 Å². The number of nitrogens with one attached hydrogen (secondary N) is 2. The number of ether oxygens (including phenoxy) is 2. The molecular formula is C18H35N3O3. The van der Waals surface area contributed by atoms with Crippen LogP contribution in [0.25, 0.3) is 0 Å². The lowest BCUT2D eigenvalue weighted by Crippen LogP contribution is -2.38. The maximum Gasteiger partial charge on any atom is 0.191 e. The molecule has 2 aliphatic rings. The van der Waals surface area contributed by atoms with Gasteiger partial charge in [-0.3, -0.25) is 4.99 Å². The van der Waals surface area contributed by atoms with Gasteiger partial charge in [0.15, 0.2) is 5.96 Å². The van der Waals surface area contributed by atoms with E-state index in [0.29, 0.717) is 18.4 Å². The number of aliphatic hydroxyl groups is 1. The largest absolute Gasteiger partial charge is 0.393 e. The van der Waals surface area contributed by atoms with Crippen LogP contribution in [0.5, 0.6) is 0 Å². The first-order valence-corrected chi connectivity index (χ1v) is 9.65. The van der Waals surface area contributed by atoms with Crippen molar-refractivity contribution in [1.29, 1.82) is 0 Å². The van der Waals surface area contributed by atoms with E-state index in [1.807, 2.05) is 0 Å². The molecule has 1 saturated heterocycles. The molecule has 1 heterocycles. The van der Waals surface area contributed by atoms with Gasteiger partial charge in [-0.1, -0.05) is 6.42 Å². The number of aliphatic hydroxyl groups excluding tert-OH is 1. The summed E-state index contributed by atoms with van der Waals surface area (Å²) >= 11 is 0. The van der Waals surface area contributed by atoms with Crippen molar-refractivity contribution in [2.45, 2.75) is 51.6 Å². The second-order valence-electron chi connectivity index (χ2n) is 6.89. The van der Waals surface area contributed by atoms with Crippen LogP contribution >= 0.6 is 0 Å². The molecule has 2 unspecified atom stereocenters. The van der Waals surface area contributed by atoms with Gasteiger partial charge in [0.25, 0.3) is 0 Å². The van der Waals surface area contributed by atoms with Crippen LogP contribution in [0.2, 0.25) is 0 Å². The molecule has 3 N–H and O–H groups in total. The first kappa shape index (κ1) is 19.5. The minimum Gasteiger partial charge on any atom is -0.393 e. The van der Waals surface area contributed by atoms with Gasteiger partial charge >= 0.3 is 0 Å². The van der Waals surface area contributed by atoms with Crippen LogP contribution in [0.15, 0.2) is 4.99 Å². The molecule has 1 aliphatic carbocycles. The Morgan fingerprint density at radius 3 is 2.75 bits per heavy atom. The summed E-state index contributed by atoms with van der Waals surface area (Å²) in [6.07, 6.45) is 6.19. The van der Waals surface area contributed by atoms with E-state index in [9.17, 15) is 5.11 Å². The molecule has 2 rings (SSSR count). The predicted molar refractivity (Wildman–Crippen MR) is 96.3 cm³/mol. The van der Waals surface area contributed by atoms with Gasteiger partial charge < -0.3 is 25.2 Å². The van der Waals surface area contributed by atoms with Gasteiger partial charge in [-0.25, -0.2) is 0 Å². The molecule has 0 bridgehead atoms. The maximum absolute atomic E-state index is 9.88. The molecule has 1 aliphatic heterocycles. The van der Waals surface area contributed by atoms with Gasteiger partial charge in [0, 0.05) is 52.0 Å². The summed E-state index contributed by atoms with van der Waals surface area (Å²) < 4.78 is 11.1. The molecule has 0 radical (unpaired) electrons. The zero-order valence-electron chi connectivity index (χ0n) is 15.1. The highest BCUT2D eigenvalue weighted by atomic mass is 16.5. The van der Waals surface area contributed by atoms with E-state index >= 15 is 0 Å². The lowest BCUT2D eigenvalue weighted by molar-refractivity contribution is 0.0203. The van der Waals surface area contributed by atoms with Crippen molar-refractivity contribution in [3.63, 3.8) is 0 Å². The van der Waals surface area contributed by atoms with E-state index in [0.717, 1.165) is 84.0 Å². The van der Waals surface area contributed by atoms with Crippen molar-refractivity contribution in [2.24, 2.45) is 16.8 Å². The molecule has 6 nitrogen and oxygen atoms in total. The van der Waals surface area contributed by atoms with Crippen LogP contribution in [0, 0.1) is 11.8 Å². The molecule has 6 heteroatoms. The summed E-state index contributed by atoms with van der Waals surface area (Å²) in [5.41, 5.74) is 0. The third-order valence-corrected chi connectivity index (χ3v) is 4.90. The van der Waals surface area contributed by atoms with Crippen molar-refractivity contribution in [3.8, 4) is 0 Å². The fourth-order valence-corrected chi connectivity index (χ4v) is 3.32. The number of hydrogen-bond acceptors (Lipinski definition) is 4. The zero-order chi connectivity index (χ0) is 17.0. The van der Waals surface area contributed by atoms with Gasteiger partial charge in [-0.05, 0) is 44.9 Å². The molecule has 2 atom stereocenters. The molecule has 0 aromatic heterocycles. The van der Waals surface area contributed by atoms with Crippen molar-refractivity contribution in [2.75, 3.05) is 46.1 Å². The average molecular weight is 341 g/mol. The normalized spacial score (nSPS) is 25.8. The van der Waals surface area contributed by atoms with Crippen molar-refractivity contribution in [1.82, 2.24) is 10.6 Å². The Labute approximate surface area is 146 Å². The molecule has 1 saturated carbocycles. The lowest BCUT2D eigenvalue weighted by atomic mass is 10.0. The fourth-order valence-electron chi connectivity index (χ4n) is 3.32. The summed E-state index contributed by atoms with van der Waals surface area (Å²) in [4.78, 5) is 4.62. The average Bonchev–Trinajstić information content (AvgIpc) is 3.01. The quantitative estimate of drug-likeness (QED) is 0.337. The van der Waals surface area contributed by atoms with E-state index < -0.39 is 0 Å². The SMILES string of the molecule is CCNC(=NCC1CCCC1O)NCCCOCC1CCOCC1. The summed E-state index contributed by atoms with van der Waals surface area (Å²) in [5.74, 6) is 1.84. The molecule has 0 aromatic rings. The summed E-state index contributed by atoms with van der Waals surface area (Å²) in [6.45, 7) is 7.88. The van der Waals surface area contributed by atoms with Gasteiger partial charge in [0.05, 0.1) is 6.10 Å². The number of hydrogen-bond donors (Lipinski definition) is 3. The Morgan fingerprint density at radius 2 is 2.04 bits per heavy atom. The van der Waals surface area contributed by atoms with Gasteiger partial charge in [0.2, 0.25) is 0 Å². The van der Waals surface area contributed by atoms with Crippen LogP contribution in [-0.2, 0) is 9.47 Å². The van der Waals surface area contributed by atoms with Crippen LogP contribution in [0.3, 0.4) is 0 Å². The van der Waals surface area contributed by atoms with Crippen LogP contribution in [0.1, 0.15) is 45.4 Å². The Morgan fingerprint density at radius 1 is 1.21 bits per heavy atom. The standard InChI is InChI=1S/C18H35N3O3/c1-2-19-18(21-13-16-5-3-6-17(16)22)20-9-4-10-24-14-15-7-11-23-12-8-15/h15-17,22H,2-14H2,1H3,(H2,19,20,21). The minimum atomic E-state index is -0.171. The Hall–Kier alpha value is -0.850. The highest BCUT2D eigenvalue weighted by Crippen LogP contribution is 2.25. The number of guanidine groups is 1. The van der Waals surface area contributed by atoms with E-state index in [1.54, 1.807) is 0 Å². The maximum atomic E-state index is 9.88. The number of nitrogens with zero attached hydrogens (tertiary/aromatic N) is 1. The van der Waals surface area contributed by atoms with E-state index in [2.05, 4.69) is 22.5 Å². The first-order valence-electron chi connectivity index (χ1n) is 9.65. The molecule has 2 fully saturated rings. The molecular weight excluding hydrogens is 306 g/mol. The highest BCUT2D eigenvalue weighted by molar-refractivity contribution is 5.79. The third-order valence-electron chi connectivity index (χ3n) is 4.90. The second-order valence-corrected chi connectivity index (χ2v) is 6.89. The van der Waals surface area contributed by atoms with Crippen LogP contribution in [0.4, 0.5) is 0 Å². The summed E-state index contributed by atoms with van der Waals surface area (Å²) in [5, 5.41) is 16.5. The van der Waals surface area contributed by atoms with Gasteiger partial charge in [0.1, 0.15) is 0 Å². The molecule has 0 spiro atoms.